The number of phosphoric acid groups is 1. The van der Waals surface area contributed by atoms with Crippen molar-refractivity contribution < 1.29 is 32.9 Å². The van der Waals surface area contributed by atoms with E-state index in [2.05, 4.69) is 43.5 Å². The van der Waals surface area contributed by atoms with E-state index in [-0.39, 0.29) is 12.5 Å². The predicted octanol–water partition coefficient (Wildman–Crippen LogP) is 10.9. The van der Waals surface area contributed by atoms with E-state index in [1.165, 1.54) is 109 Å². The molecule has 0 aliphatic carbocycles. The number of rotatable bonds is 38. The summed E-state index contributed by atoms with van der Waals surface area (Å²) in [7, 11) is 1.24. The minimum Gasteiger partial charge on any atom is -0.756 e. The van der Waals surface area contributed by atoms with E-state index in [0.29, 0.717) is 17.4 Å². The summed E-state index contributed by atoms with van der Waals surface area (Å²) in [5, 5.41) is 13.7. The largest absolute Gasteiger partial charge is 0.756 e. The zero-order valence-electron chi connectivity index (χ0n) is 34.5. The second-order valence-corrected chi connectivity index (χ2v) is 17.1. The monoisotopic (exact) mass is 755 g/mol. The molecule has 52 heavy (non-hydrogen) atoms. The third kappa shape index (κ3) is 37.1. The Bertz CT molecular complexity index is 948. The molecule has 0 radical (unpaired) electrons. The van der Waals surface area contributed by atoms with Crippen LogP contribution >= 0.6 is 7.82 Å². The van der Waals surface area contributed by atoms with E-state index >= 15 is 0 Å². The number of aliphatic hydroxyl groups is 1. The third-order valence-electron chi connectivity index (χ3n) is 9.32. The van der Waals surface area contributed by atoms with Gasteiger partial charge in [-0.25, -0.2) is 0 Å². The van der Waals surface area contributed by atoms with Crippen LogP contribution in [0.4, 0.5) is 0 Å². The summed E-state index contributed by atoms with van der Waals surface area (Å²) in [5.74, 6) is -0.218. The van der Waals surface area contributed by atoms with E-state index in [1.807, 2.05) is 27.2 Å². The first-order chi connectivity index (χ1) is 25.0. The molecule has 3 unspecified atom stereocenters. The van der Waals surface area contributed by atoms with E-state index in [4.69, 9.17) is 9.05 Å². The number of carbonyl (C=O) groups excluding carboxylic acids is 1. The molecule has 0 saturated carbocycles. The van der Waals surface area contributed by atoms with Gasteiger partial charge in [0, 0.05) is 6.42 Å². The standard InChI is InChI=1S/C43H83N2O6P/c1-6-8-10-12-14-16-18-20-22-24-26-28-30-32-34-36-42(46)41(40-51-52(48,49)50-39-38-45(3,4)5)44-43(47)37-35-33-31-29-27-25-23-21-19-17-15-13-11-9-7-2/h21,23,26,28,34,36,41-42,46H,6-20,22,24-25,27,29-33,35,37-40H2,1-5H3,(H-,44,47,48,49)/b23-21-,28-26+,36-34+. The molecular weight excluding hydrogens is 671 g/mol. The molecule has 8 nitrogen and oxygen atoms in total. The molecule has 0 aliphatic rings. The summed E-state index contributed by atoms with van der Waals surface area (Å²) in [5.41, 5.74) is 0. The highest BCUT2D eigenvalue weighted by Crippen LogP contribution is 2.38. The number of nitrogens with zero attached hydrogens (tertiary/aromatic N) is 1. The molecule has 0 saturated heterocycles. The number of amides is 1. The molecule has 0 aliphatic heterocycles. The van der Waals surface area contributed by atoms with Crippen molar-refractivity contribution >= 4 is 13.7 Å². The average Bonchev–Trinajstić information content (AvgIpc) is 3.09. The Balaban J connectivity index is 4.53. The number of quaternary nitrogens is 1. The molecule has 306 valence electrons. The van der Waals surface area contributed by atoms with Crippen molar-refractivity contribution in [3.05, 3.63) is 36.5 Å². The molecule has 0 aromatic carbocycles. The maximum Gasteiger partial charge on any atom is 0.268 e. The topological polar surface area (TPSA) is 108 Å². The molecule has 0 rings (SSSR count). The van der Waals surface area contributed by atoms with Gasteiger partial charge in [-0.15, -0.1) is 0 Å². The van der Waals surface area contributed by atoms with Gasteiger partial charge in [-0.05, 0) is 57.8 Å². The Morgan fingerprint density at radius 3 is 1.56 bits per heavy atom. The molecule has 3 atom stereocenters. The fourth-order valence-corrected chi connectivity index (χ4v) is 6.59. The van der Waals surface area contributed by atoms with Crippen molar-refractivity contribution in [2.45, 2.75) is 193 Å². The highest BCUT2D eigenvalue weighted by molar-refractivity contribution is 7.45. The van der Waals surface area contributed by atoms with Crippen LogP contribution in [0.15, 0.2) is 36.5 Å². The molecule has 0 aromatic heterocycles. The molecule has 1 amide bonds. The third-order valence-corrected chi connectivity index (χ3v) is 10.3. The van der Waals surface area contributed by atoms with Crippen LogP contribution in [0, 0.1) is 0 Å². The molecule has 0 bridgehead atoms. The smallest absolute Gasteiger partial charge is 0.268 e. The highest BCUT2D eigenvalue weighted by atomic mass is 31.2. The molecule has 0 spiro atoms. The summed E-state index contributed by atoms with van der Waals surface area (Å²) < 4.78 is 23.1. The molecule has 9 heteroatoms. The Morgan fingerprint density at radius 1 is 0.654 bits per heavy atom. The first-order valence-corrected chi connectivity index (χ1v) is 22.8. The first kappa shape index (κ1) is 50.7. The number of likely N-dealkylation sites (N-methyl/N-ethyl adjacent to an activating group) is 1. The summed E-state index contributed by atoms with van der Waals surface area (Å²) in [6, 6.07) is -0.904. The minimum absolute atomic E-state index is 0.00805. The second-order valence-electron chi connectivity index (χ2n) is 15.7. The van der Waals surface area contributed by atoms with Crippen molar-refractivity contribution in [3.63, 3.8) is 0 Å². The second kappa shape index (κ2) is 35.4. The lowest BCUT2D eigenvalue weighted by Gasteiger charge is -2.29. The van der Waals surface area contributed by atoms with E-state index in [0.717, 1.165) is 51.4 Å². The van der Waals surface area contributed by atoms with Gasteiger partial charge in [0.2, 0.25) is 5.91 Å². The molecule has 2 N–H and O–H groups in total. The maximum absolute atomic E-state index is 12.8. The Labute approximate surface area is 321 Å². The van der Waals surface area contributed by atoms with Crippen LogP contribution in [0.5, 0.6) is 0 Å². The number of allylic oxidation sites excluding steroid dienone is 5. The van der Waals surface area contributed by atoms with Gasteiger partial charge in [-0.3, -0.25) is 9.36 Å². The number of carbonyl (C=O) groups is 1. The SMILES string of the molecule is CCCCCCCC/C=C\CCCCCCCC(=O)NC(COP(=O)([O-])OCC[N+](C)(C)C)C(O)/C=C/CC/C=C/CCCCCCCCCCC. The van der Waals surface area contributed by atoms with Crippen molar-refractivity contribution in [1.29, 1.82) is 0 Å². The van der Waals surface area contributed by atoms with Gasteiger partial charge in [0.05, 0.1) is 39.9 Å². The number of nitrogens with one attached hydrogen (secondary N) is 1. The Morgan fingerprint density at radius 2 is 1.08 bits per heavy atom. The lowest BCUT2D eigenvalue weighted by molar-refractivity contribution is -0.870. The van der Waals surface area contributed by atoms with Crippen molar-refractivity contribution in [1.82, 2.24) is 5.32 Å². The minimum atomic E-state index is -4.59. The van der Waals surface area contributed by atoms with Gasteiger partial charge < -0.3 is 28.8 Å². The summed E-state index contributed by atoms with van der Waals surface area (Å²) >= 11 is 0. The number of phosphoric ester groups is 1. The van der Waals surface area contributed by atoms with Crippen molar-refractivity contribution in [2.75, 3.05) is 40.9 Å². The summed E-state index contributed by atoms with van der Waals surface area (Å²) in [6.07, 6.45) is 41.9. The number of aliphatic hydroxyl groups excluding tert-OH is 1. The van der Waals surface area contributed by atoms with Crippen LogP contribution in [0.1, 0.15) is 181 Å². The molecular formula is C43H83N2O6P. The van der Waals surface area contributed by atoms with Gasteiger partial charge >= 0.3 is 0 Å². The van der Waals surface area contributed by atoms with Gasteiger partial charge in [0.1, 0.15) is 13.2 Å². The van der Waals surface area contributed by atoms with Crippen LogP contribution in [-0.4, -0.2) is 68.5 Å². The zero-order valence-corrected chi connectivity index (χ0v) is 35.4. The normalized spacial score (nSPS) is 14.8. The van der Waals surface area contributed by atoms with Gasteiger partial charge in [-0.2, -0.15) is 0 Å². The fraction of sp³-hybridized carbons (Fsp3) is 0.837. The highest BCUT2D eigenvalue weighted by Gasteiger charge is 2.23. The Kier molecular flexibility index (Phi) is 34.6. The average molecular weight is 755 g/mol. The van der Waals surface area contributed by atoms with Gasteiger partial charge in [0.15, 0.2) is 0 Å². The zero-order chi connectivity index (χ0) is 38.6. The molecule has 0 aromatic rings. The number of unbranched alkanes of at least 4 members (excludes halogenated alkanes) is 21. The van der Waals surface area contributed by atoms with Crippen LogP contribution in [0.25, 0.3) is 0 Å². The number of hydrogen-bond acceptors (Lipinski definition) is 6. The summed E-state index contributed by atoms with van der Waals surface area (Å²) in [4.78, 5) is 25.2. The lowest BCUT2D eigenvalue weighted by Crippen LogP contribution is -2.45. The van der Waals surface area contributed by atoms with Crippen LogP contribution in [-0.2, 0) is 18.4 Å². The van der Waals surface area contributed by atoms with E-state index in [9.17, 15) is 19.4 Å². The van der Waals surface area contributed by atoms with Crippen LogP contribution in [0.2, 0.25) is 0 Å². The van der Waals surface area contributed by atoms with E-state index in [1.54, 1.807) is 6.08 Å². The first-order valence-electron chi connectivity index (χ1n) is 21.4. The van der Waals surface area contributed by atoms with Gasteiger partial charge in [0.25, 0.3) is 7.82 Å². The lowest BCUT2D eigenvalue weighted by atomic mass is 10.1. The van der Waals surface area contributed by atoms with Crippen molar-refractivity contribution in [3.8, 4) is 0 Å². The fourth-order valence-electron chi connectivity index (χ4n) is 5.87. The Hall–Kier alpha value is -1.28. The van der Waals surface area contributed by atoms with E-state index < -0.39 is 26.6 Å². The van der Waals surface area contributed by atoms with Crippen LogP contribution < -0.4 is 10.2 Å². The van der Waals surface area contributed by atoms with Crippen molar-refractivity contribution in [2.24, 2.45) is 0 Å². The number of hydrogen-bond donors (Lipinski definition) is 2. The van der Waals surface area contributed by atoms with Crippen LogP contribution in [0.3, 0.4) is 0 Å². The molecule has 0 heterocycles. The quantitative estimate of drug-likeness (QED) is 0.0281. The summed E-state index contributed by atoms with van der Waals surface area (Å²) in [6.45, 7) is 4.60. The van der Waals surface area contributed by atoms with Gasteiger partial charge in [-0.1, -0.05) is 153 Å². The molecule has 0 fully saturated rings. The maximum atomic E-state index is 12.8. The predicted molar refractivity (Wildman–Crippen MR) is 219 cm³/mol.